The zero-order chi connectivity index (χ0) is 17.5. The molecule has 3 N–H and O–H groups in total. The van der Waals surface area contributed by atoms with E-state index in [2.05, 4.69) is 15.4 Å². The van der Waals surface area contributed by atoms with Crippen LogP contribution in [-0.4, -0.2) is 16.6 Å². The Balaban J connectivity index is 2.26. The van der Waals surface area contributed by atoms with Crippen molar-refractivity contribution < 1.29 is 14.6 Å². The van der Waals surface area contributed by atoms with Crippen LogP contribution < -0.4 is 11.3 Å². The lowest BCUT2D eigenvalue weighted by molar-refractivity contribution is -0.384. The Morgan fingerprint density at radius 1 is 1.29 bits per heavy atom. The minimum atomic E-state index is -0.624. The summed E-state index contributed by atoms with van der Waals surface area (Å²) >= 11 is 0. The lowest BCUT2D eigenvalue weighted by Gasteiger charge is -2.06. The molecule has 9 nitrogen and oxygen atoms in total. The predicted molar refractivity (Wildman–Crippen MR) is 84.9 cm³/mol. The number of nitriles is 1. The normalized spacial score (nSPS) is 10.6. The molecule has 120 valence electrons. The zero-order valence-electron chi connectivity index (χ0n) is 12.2. The second kappa shape index (κ2) is 7.48. The van der Waals surface area contributed by atoms with Gasteiger partial charge in [-0.1, -0.05) is 30.3 Å². The van der Waals surface area contributed by atoms with Gasteiger partial charge in [-0.2, -0.15) is 11.2 Å². The first-order valence-electron chi connectivity index (χ1n) is 6.55. The molecule has 0 saturated heterocycles. The Kier molecular flexibility index (Phi) is 5.17. The molecular weight excluding hydrogens is 314 g/mol. The predicted octanol–water partition coefficient (Wildman–Crippen LogP) is 1.97. The summed E-state index contributed by atoms with van der Waals surface area (Å²) in [6.45, 7) is 0. The molecule has 0 aliphatic carbocycles. The van der Waals surface area contributed by atoms with Gasteiger partial charge in [-0.05, 0) is 6.07 Å². The Hall–Kier alpha value is -3.77. The number of hydrazone groups is 1. The van der Waals surface area contributed by atoms with Crippen molar-refractivity contribution in [1.82, 2.24) is 0 Å². The molecule has 0 amide bonds. The molecule has 2 aromatic carbocycles. The largest absolute Gasteiger partial charge is 0.385 e. The third-order valence-electron chi connectivity index (χ3n) is 2.95. The van der Waals surface area contributed by atoms with E-state index in [1.807, 2.05) is 0 Å². The fourth-order valence-electron chi connectivity index (χ4n) is 1.79. The van der Waals surface area contributed by atoms with E-state index in [0.29, 0.717) is 5.56 Å². The minimum absolute atomic E-state index is 0.0171. The van der Waals surface area contributed by atoms with E-state index in [-0.39, 0.29) is 16.9 Å². The molecule has 0 heterocycles. The first-order chi connectivity index (χ1) is 11.6. The van der Waals surface area contributed by atoms with Crippen LogP contribution in [0.1, 0.15) is 15.9 Å². The van der Waals surface area contributed by atoms with Gasteiger partial charge in [0.25, 0.3) is 11.5 Å². The summed E-state index contributed by atoms with van der Waals surface area (Å²) < 4.78 is 0. The Morgan fingerprint density at radius 2 is 2.00 bits per heavy atom. The van der Waals surface area contributed by atoms with E-state index in [0.717, 1.165) is 6.07 Å². The van der Waals surface area contributed by atoms with E-state index in [4.69, 9.17) is 11.2 Å². The van der Waals surface area contributed by atoms with Crippen LogP contribution in [0.5, 0.6) is 0 Å². The van der Waals surface area contributed by atoms with Gasteiger partial charge in [0.15, 0.2) is 0 Å². The first-order valence-corrected chi connectivity index (χ1v) is 6.55. The number of non-ortho nitro benzene ring substituents is 1. The van der Waals surface area contributed by atoms with Crippen molar-refractivity contribution >= 4 is 23.1 Å². The van der Waals surface area contributed by atoms with Gasteiger partial charge in [0, 0.05) is 17.7 Å². The van der Waals surface area contributed by atoms with E-state index >= 15 is 0 Å². The summed E-state index contributed by atoms with van der Waals surface area (Å²) in [5, 5.41) is 23.5. The summed E-state index contributed by atoms with van der Waals surface area (Å²) in [6, 6.07) is 13.6. The maximum Gasteiger partial charge on any atom is 0.302 e. The van der Waals surface area contributed by atoms with Crippen molar-refractivity contribution in [1.29, 1.82) is 5.26 Å². The molecule has 0 spiro atoms. The molecule has 24 heavy (non-hydrogen) atoms. The number of benzene rings is 2. The lowest BCUT2D eigenvalue weighted by atomic mass is 10.1. The van der Waals surface area contributed by atoms with Crippen molar-refractivity contribution in [2.45, 2.75) is 0 Å². The lowest BCUT2D eigenvalue weighted by Crippen LogP contribution is -2.22. The van der Waals surface area contributed by atoms with Gasteiger partial charge in [-0.3, -0.25) is 20.3 Å². The molecule has 0 aliphatic rings. The second-order valence-electron chi connectivity index (χ2n) is 4.44. The number of hydrogen-bond acceptors (Lipinski definition) is 8. The molecule has 0 bridgehead atoms. The van der Waals surface area contributed by atoms with Gasteiger partial charge in [-0.15, -0.1) is 5.10 Å². The molecule has 0 unspecified atom stereocenters. The van der Waals surface area contributed by atoms with Crippen LogP contribution in [-0.2, 0) is 4.84 Å². The van der Waals surface area contributed by atoms with Crippen molar-refractivity contribution in [3.63, 3.8) is 0 Å². The van der Waals surface area contributed by atoms with Gasteiger partial charge in [0.2, 0.25) is 0 Å². The number of nitro groups is 1. The number of carbonyl (C=O) groups excluding carboxylic acids is 1. The third-order valence-corrected chi connectivity index (χ3v) is 2.95. The molecule has 2 aromatic rings. The van der Waals surface area contributed by atoms with E-state index in [9.17, 15) is 14.9 Å². The third kappa shape index (κ3) is 3.70. The minimum Gasteiger partial charge on any atom is -0.385 e. The molecule has 0 saturated carbocycles. The summed E-state index contributed by atoms with van der Waals surface area (Å²) in [7, 11) is 0. The number of carbonyl (C=O) groups is 1. The molecule has 0 radical (unpaired) electrons. The molecule has 9 heteroatoms. The fourth-order valence-corrected chi connectivity index (χ4v) is 1.79. The summed E-state index contributed by atoms with van der Waals surface area (Å²) in [6.07, 6.45) is 0. The first kappa shape index (κ1) is 16.6. The average molecular weight is 325 g/mol. The highest BCUT2D eigenvalue weighted by atomic mass is 16.6. The van der Waals surface area contributed by atoms with Gasteiger partial charge in [-0.25, -0.2) is 0 Å². The second-order valence-corrected chi connectivity index (χ2v) is 4.44. The number of anilines is 1. The number of nitrogens with zero attached hydrogens (tertiary/aromatic N) is 3. The van der Waals surface area contributed by atoms with E-state index < -0.39 is 16.6 Å². The van der Waals surface area contributed by atoms with Crippen LogP contribution in [0.2, 0.25) is 0 Å². The molecule has 0 aliphatic heterocycles. The van der Waals surface area contributed by atoms with Gasteiger partial charge in [0.05, 0.1) is 16.2 Å². The number of nitro benzene ring substituents is 1. The van der Waals surface area contributed by atoms with Gasteiger partial charge in [0.1, 0.15) is 6.07 Å². The number of ketones is 1. The highest BCUT2D eigenvalue weighted by Crippen LogP contribution is 2.21. The van der Waals surface area contributed by atoms with E-state index in [1.54, 1.807) is 36.4 Å². The monoisotopic (exact) mass is 325 g/mol. The maximum atomic E-state index is 12.2. The fraction of sp³-hybridized carbons (Fsp3) is 0. The van der Waals surface area contributed by atoms with Crippen LogP contribution in [0.25, 0.3) is 0 Å². The SMILES string of the molecule is N#Cc1cc([N+](=O)[O-])ccc1N/N=C(\ON)C(=O)c1ccccc1. The Bertz CT molecular complexity index is 843. The quantitative estimate of drug-likeness (QED) is 0.281. The van der Waals surface area contributed by atoms with Crippen molar-refractivity contribution in [3.8, 4) is 6.07 Å². The maximum absolute atomic E-state index is 12.2. The Morgan fingerprint density at radius 3 is 2.58 bits per heavy atom. The summed E-state index contributed by atoms with van der Waals surface area (Å²) in [4.78, 5) is 26.7. The number of hydrogen-bond donors (Lipinski definition) is 2. The highest BCUT2D eigenvalue weighted by Gasteiger charge is 2.16. The van der Waals surface area contributed by atoms with Crippen LogP contribution in [0.15, 0.2) is 53.6 Å². The molecule has 0 aromatic heterocycles. The Labute approximate surface area is 136 Å². The topological polar surface area (TPSA) is 144 Å². The van der Waals surface area contributed by atoms with Crippen LogP contribution in [0, 0.1) is 21.4 Å². The number of rotatable bonds is 5. The van der Waals surface area contributed by atoms with Crippen LogP contribution in [0.3, 0.4) is 0 Å². The molecule has 0 atom stereocenters. The van der Waals surface area contributed by atoms with Gasteiger partial charge < -0.3 is 4.84 Å². The summed E-state index contributed by atoms with van der Waals surface area (Å²) in [5.41, 5.74) is 2.67. The van der Waals surface area contributed by atoms with Crippen LogP contribution >= 0.6 is 0 Å². The molecule has 2 rings (SSSR count). The van der Waals surface area contributed by atoms with Crippen molar-refractivity contribution in [2.24, 2.45) is 11.0 Å². The number of nitrogens with one attached hydrogen (secondary N) is 1. The van der Waals surface area contributed by atoms with Gasteiger partial charge >= 0.3 is 5.90 Å². The number of Topliss-reactive ketones (excluding diaryl/α,β-unsaturated/α-hetero) is 1. The zero-order valence-corrected chi connectivity index (χ0v) is 12.2. The van der Waals surface area contributed by atoms with Crippen molar-refractivity contribution in [3.05, 3.63) is 69.8 Å². The molecule has 0 fully saturated rings. The number of nitrogens with two attached hydrogens (primary N) is 1. The van der Waals surface area contributed by atoms with Crippen molar-refractivity contribution in [2.75, 3.05) is 5.43 Å². The smallest absolute Gasteiger partial charge is 0.302 e. The standard InChI is InChI=1S/C15H11N5O4/c16-9-11-8-12(20(22)23)6-7-13(11)18-19-15(24-17)14(21)10-4-2-1-3-5-10/h1-8,18H,17H2/b19-15-. The molecular formula is C15H11N5O4. The van der Waals surface area contributed by atoms with Crippen LogP contribution in [0.4, 0.5) is 11.4 Å². The summed E-state index contributed by atoms with van der Waals surface area (Å²) in [5.74, 6) is 4.07. The highest BCUT2D eigenvalue weighted by molar-refractivity contribution is 6.42. The average Bonchev–Trinajstić information content (AvgIpc) is 2.62. The van der Waals surface area contributed by atoms with E-state index in [1.165, 1.54) is 12.1 Å².